The summed E-state index contributed by atoms with van der Waals surface area (Å²) in [5.41, 5.74) is 6.52. The Kier molecular flexibility index (Phi) is 4.71. The summed E-state index contributed by atoms with van der Waals surface area (Å²) in [7, 11) is 0. The summed E-state index contributed by atoms with van der Waals surface area (Å²) in [5, 5.41) is 9.07. The number of aliphatic carboxylic acids is 1. The minimum absolute atomic E-state index is 0.0324. The highest BCUT2D eigenvalue weighted by atomic mass is 79.9. The number of carboxylic acid groups (broad SMARTS) is 1. The van der Waals surface area contributed by atoms with E-state index in [-0.39, 0.29) is 12.5 Å². The molecule has 2 unspecified atom stereocenters. The first kappa shape index (κ1) is 14.2. The van der Waals surface area contributed by atoms with Crippen molar-refractivity contribution in [1.82, 2.24) is 0 Å². The van der Waals surface area contributed by atoms with Gasteiger partial charge in [-0.3, -0.25) is 4.79 Å². The van der Waals surface area contributed by atoms with E-state index in [9.17, 15) is 4.79 Å². The molecule has 0 saturated heterocycles. The summed E-state index contributed by atoms with van der Waals surface area (Å²) in [6.45, 7) is 3.89. The topological polar surface area (TPSA) is 63.3 Å². The molecule has 3 nitrogen and oxygen atoms in total. The van der Waals surface area contributed by atoms with E-state index in [2.05, 4.69) is 15.9 Å². The zero-order valence-electron chi connectivity index (χ0n) is 10.1. The van der Waals surface area contributed by atoms with Crippen LogP contribution in [0.1, 0.15) is 32.3 Å². The normalized spacial score (nSPS) is 16.2. The van der Waals surface area contributed by atoms with Gasteiger partial charge in [-0.25, -0.2) is 0 Å². The first-order valence-corrected chi connectivity index (χ1v) is 6.43. The van der Waals surface area contributed by atoms with Crippen LogP contribution in [0.2, 0.25) is 0 Å². The summed E-state index contributed by atoms with van der Waals surface area (Å²) >= 11 is 3.47. The van der Waals surface area contributed by atoms with Crippen LogP contribution in [-0.4, -0.2) is 17.1 Å². The third-order valence-electron chi connectivity index (χ3n) is 3.27. The summed E-state index contributed by atoms with van der Waals surface area (Å²) in [6.07, 6.45) is 0.774. The van der Waals surface area contributed by atoms with E-state index in [1.54, 1.807) is 0 Å². The number of carbonyl (C=O) groups is 1. The Hall–Kier alpha value is -0.870. The van der Waals surface area contributed by atoms with Crippen LogP contribution in [0.3, 0.4) is 0 Å². The molecule has 0 aromatic heterocycles. The Balaban J connectivity index is 3.23. The van der Waals surface area contributed by atoms with Gasteiger partial charge in [0.25, 0.3) is 0 Å². The molecule has 0 saturated carbocycles. The molecular weight excluding hydrogens is 282 g/mol. The van der Waals surface area contributed by atoms with Gasteiger partial charge >= 0.3 is 5.97 Å². The zero-order chi connectivity index (χ0) is 13.1. The first-order chi connectivity index (χ1) is 7.91. The van der Waals surface area contributed by atoms with E-state index in [4.69, 9.17) is 10.8 Å². The van der Waals surface area contributed by atoms with E-state index < -0.39 is 11.4 Å². The molecule has 0 aliphatic carbocycles. The minimum atomic E-state index is -0.827. The molecule has 0 fully saturated rings. The van der Waals surface area contributed by atoms with Gasteiger partial charge in [0.1, 0.15) is 0 Å². The van der Waals surface area contributed by atoms with Crippen LogP contribution < -0.4 is 5.73 Å². The monoisotopic (exact) mass is 299 g/mol. The lowest BCUT2D eigenvalue weighted by Crippen LogP contribution is -2.44. The van der Waals surface area contributed by atoms with Crippen LogP contribution in [0.15, 0.2) is 28.7 Å². The van der Waals surface area contributed by atoms with Crippen LogP contribution in [0.25, 0.3) is 0 Å². The molecule has 17 heavy (non-hydrogen) atoms. The summed E-state index contributed by atoms with van der Waals surface area (Å²) in [6, 6.07) is 7.48. The summed E-state index contributed by atoms with van der Waals surface area (Å²) in [5.74, 6) is -0.827. The smallest absolute Gasteiger partial charge is 0.304 e. The van der Waals surface area contributed by atoms with Gasteiger partial charge < -0.3 is 10.8 Å². The third-order valence-corrected chi connectivity index (χ3v) is 3.96. The summed E-state index contributed by atoms with van der Waals surface area (Å²) < 4.78 is 0.910. The molecular formula is C13H18BrNO2. The van der Waals surface area contributed by atoms with Crippen molar-refractivity contribution in [1.29, 1.82) is 0 Å². The van der Waals surface area contributed by atoms with Crippen LogP contribution in [-0.2, 0) is 10.2 Å². The maximum absolute atomic E-state index is 11.0. The van der Waals surface area contributed by atoms with Crippen molar-refractivity contribution in [3.63, 3.8) is 0 Å². The van der Waals surface area contributed by atoms with Gasteiger partial charge in [0.2, 0.25) is 0 Å². The number of halogens is 1. The molecule has 1 rings (SSSR count). The second-order valence-electron chi connectivity index (χ2n) is 4.48. The molecule has 0 spiro atoms. The zero-order valence-corrected chi connectivity index (χ0v) is 11.7. The molecule has 3 N–H and O–H groups in total. The van der Waals surface area contributed by atoms with Crippen molar-refractivity contribution >= 4 is 21.9 Å². The average molecular weight is 300 g/mol. The number of carboxylic acids is 1. The minimum Gasteiger partial charge on any atom is -0.481 e. The number of nitrogens with two attached hydrogens (primary N) is 1. The van der Waals surface area contributed by atoms with Crippen molar-refractivity contribution in [2.45, 2.75) is 38.1 Å². The fraction of sp³-hybridized carbons (Fsp3) is 0.462. The highest BCUT2D eigenvalue weighted by Crippen LogP contribution is 2.36. The second kappa shape index (κ2) is 5.65. The lowest BCUT2D eigenvalue weighted by Gasteiger charge is -2.35. The van der Waals surface area contributed by atoms with Gasteiger partial charge in [0.15, 0.2) is 0 Å². The Morgan fingerprint density at radius 2 is 2.12 bits per heavy atom. The number of benzene rings is 1. The average Bonchev–Trinajstić information content (AvgIpc) is 2.27. The highest BCUT2D eigenvalue weighted by Gasteiger charge is 2.36. The predicted octanol–water partition coefficient (Wildman–Crippen LogP) is 2.92. The van der Waals surface area contributed by atoms with Gasteiger partial charge in [-0.1, -0.05) is 48.0 Å². The maximum atomic E-state index is 11.0. The SMILES string of the molecule is CCC(N)C(C)(CC(=O)O)c1ccccc1Br. The van der Waals surface area contributed by atoms with Gasteiger partial charge in [-0.05, 0) is 18.1 Å². The predicted molar refractivity (Wildman–Crippen MR) is 72.0 cm³/mol. The van der Waals surface area contributed by atoms with Crippen molar-refractivity contribution in [3.05, 3.63) is 34.3 Å². The number of hydrogen-bond acceptors (Lipinski definition) is 2. The molecule has 4 heteroatoms. The molecule has 0 radical (unpaired) electrons. The fourth-order valence-corrected chi connectivity index (χ4v) is 2.85. The van der Waals surface area contributed by atoms with Crippen molar-refractivity contribution in [3.8, 4) is 0 Å². The van der Waals surface area contributed by atoms with Crippen LogP contribution in [0.5, 0.6) is 0 Å². The number of rotatable bonds is 5. The second-order valence-corrected chi connectivity index (χ2v) is 5.34. The van der Waals surface area contributed by atoms with Crippen LogP contribution in [0.4, 0.5) is 0 Å². The third kappa shape index (κ3) is 3.07. The Labute approximate surface area is 110 Å². The largest absolute Gasteiger partial charge is 0.481 e. The highest BCUT2D eigenvalue weighted by molar-refractivity contribution is 9.10. The quantitative estimate of drug-likeness (QED) is 0.879. The van der Waals surface area contributed by atoms with Gasteiger partial charge in [-0.15, -0.1) is 0 Å². The van der Waals surface area contributed by atoms with E-state index in [0.717, 1.165) is 16.5 Å². The Bertz CT molecular complexity index is 408. The standard InChI is InChI=1S/C13H18BrNO2/c1-3-11(15)13(2,8-12(16)17)9-6-4-5-7-10(9)14/h4-7,11H,3,8,15H2,1-2H3,(H,16,17). The van der Waals surface area contributed by atoms with Crippen molar-refractivity contribution < 1.29 is 9.90 Å². The van der Waals surface area contributed by atoms with Gasteiger partial charge in [0.05, 0.1) is 6.42 Å². The van der Waals surface area contributed by atoms with Crippen molar-refractivity contribution in [2.75, 3.05) is 0 Å². The molecule has 0 aliphatic heterocycles. The van der Waals surface area contributed by atoms with Crippen molar-refractivity contribution in [2.24, 2.45) is 5.73 Å². The molecule has 2 atom stereocenters. The van der Waals surface area contributed by atoms with Crippen LogP contribution in [0, 0.1) is 0 Å². The summed E-state index contributed by atoms with van der Waals surface area (Å²) in [4.78, 5) is 11.0. The lowest BCUT2D eigenvalue weighted by atomic mass is 9.73. The molecule has 0 bridgehead atoms. The Morgan fingerprint density at radius 1 is 1.53 bits per heavy atom. The van der Waals surface area contributed by atoms with E-state index in [1.165, 1.54) is 0 Å². The van der Waals surface area contributed by atoms with E-state index in [1.807, 2.05) is 38.1 Å². The molecule has 0 heterocycles. The van der Waals surface area contributed by atoms with E-state index >= 15 is 0 Å². The molecule has 94 valence electrons. The molecule has 0 amide bonds. The molecule has 1 aromatic rings. The lowest BCUT2D eigenvalue weighted by molar-refractivity contribution is -0.138. The molecule has 1 aromatic carbocycles. The number of hydrogen-bond donors (Lipinski definition) is 2. The molecule has 0 aliphatic rings. The fourth-order valence-electron chi connectivity index (χ4n) is 2.12. The maximum Gasteiger partial charge on any atom is 0.304 e. The Morgan fingerprint density at radius 3 is 2.59 bits per heavy atom. The van der Waals surface area contributed by atoms with Gasteiger partial charge in [0, 0.05) is 15.9 Å². The van der Waals surface area contributed by atoms with E-state index in [0.29, 0.717) is 0 Å². The van der Waals surface area contributed by atoms with Crippen LogP contribution >= 0.6 is 15.9 Å². The first-order valence-electron chi connectivity index (χ1n) is 5.64. The van der Waals surface area contributed by atoms with Gasteiger partial charge in [-0.2, -0.15) is 0 Å².